The van der Waals surface area contributed by atoms with E-state index in [4.69, 9.17) is 4.74 Å². The van der Waals surface area contributed by atoms with Gasteiger partial charge in [0.15, 0.2) is 0 Å². The van der Waals surface area contributed by atoms with Crippen LogP contribution in [-0.4, -0.2) is 25.3 Å². The lowest BCUT2D eigenvalue weighted by atomic mass is 9.75. The molecule has 100 valence electrons. The van der Waals surface area contributed by atoms with Crippen LogP contribution in [0.25, 0.3) is 0 Å². The fraction of sp³-hybridized carbons (Fsp3) is 1.00. The number of nitrogens with one attached hydrogen (secondary N) is 1. The van der Waals surface area contributed by atoms with Gasteiger partial charge in [0, 0.05) is 19.2 Å². The van der Waals surface area contributed by atoms with Gasteiger partial charge in [0.05, 0.1) is 6.10 Å². The van der Waals surface area contributed by atoms with Crippen LogP contribution in [0.5, 0.6) is 0 Å². The van der Waals surface area contributed by atoms with Crippen molar-refractivity contribution in [1.82, 2.24) is 5.32 Å². The Labute approximate surface area is 107 Å². The van der Waals surface area contributed by atoms with Crippen molar-refractivity contribution in [3.05, 3.63) is 0 Å². The Balaban J connectivity index is 1.74. The third-order valence-corrected chi connectivity index (χ3v) is 4.62. The Hall–Kier alpha value is -0.0800. The molecule has 3 atom stereocenters. The Morgan fingerprint density at radius 1 is 1.29 bits per heavy atom. The van der Waals surface area contributed by atoms with E-state index in [1.165, 1.54) is 45.1 Å². The van der Waals surface area contributed by atoms with Crippen molar-refractivity contribution >= 4 is 0 Å². The molecular formula is C15H29NO. The first-order valence-corrected chi connectivity index (χ1v) is 7.46. The second kappa shape index (κ2) is 5.71. The maximum atomic E-state index is 5.76. The van der Waals surface area contributed by atoms with E-state index < -0.39 is 0 Å². The van der Waals surface area contributed by atoms with E-state index in [2.05, 4.69) is 26.1 Å². The van der Waals surface area contributed by atoms with Crippen LogP contribution in [0.15, 0.2) is 0 Å². The number of hydrogen-bond acceptors (Lipinski definition) is 2. The minimum Gasteiger partial charge on any atom is -0.378 e. The molecular weight excluding hydrogens is 210 g/mol. The lowest BCUT2D eigenvalue weighted by Gasteiger charge is -2.36. The van der Waals surface area contributed by atoms with Crippen molar-refractivity contribution < 1.29 is 4.74 Å². The van der Waals surface area contributed by atoms with Crippen LogP contribution in [0.2, 0.25) is 0 Å². The van der Waals surface area contributed by atoms with E-state index in [0.29, 0.717) is 11.5 Å². The Morgan fingerprint density at radius 2 is 2.12 bits per heavy atom. The summed E-state index contributed by atoms with van der Waals surface area (Å²) >= 11 is 0. The van der Waals surface area contributed by atoms with Crippen molar-refractivity contribution in [3.63, 3.8) is 0 Å². The molecule has 1 aliphatic heterocycles. The molecule has 1 heterocycles. The van der Waals surface area contributed by atoms with Gasteiger partial charge >= 0.3 is 0 Å². The van der Waals surface area contributed by atoms with Gasteiger partial charge in [-0.3, -0.25) is 0 Å². The van der Waals surface area contributed by atoms with Crippen LogP contribution in [0.4, 0.5) is 0 Å². The Kier molecular flexibility index (Phi) is 4.48. The SMILES string of the molecule is CCC1OCCC1CNC1CCCC(C)(C)C1. The van der Waals surface area contributed by atoms with E-state index in [1.54, 1.807) is 0 Å². The standard InChI is InChI=1S/C15H29NO/c1-4-14-12(7-9-17-14)11-16-13-6-5-8-15(2,3)10-13/h12-14,16H,4-11H2,1-3H3. The van der Waals surface area contributed by atoms with Gasteiger partial charge in [-0.25, -0.2) is 0 Å². The molecule has 2 aliphatic rings. The molecule has 1 saturated heterocycles. The summed E-state index contributed by atoms with van der Waals surface area (Å²) in [7, 11) is 0. The van der Waals surface area contributed by atoms with Crippen LogP contribution >= 0.6 is 0 Å². The molecule has 0 radical (unpaired) electrons. The minimum atomic E-state index is 0.513. The molecule has 0 aromatic heterocycles. The zero-order valence-electron chi connectivity index (χ0n) is 11.8. The first-order chi connectivity index (χ1) is 8.11. The zero-order chi connectivity index (χ0) is 12.3. The predicted octanol–water partition coefficient (Wildman–Crippen LogP) is 3.36. The van der Waals surface area contributed by atoms with Gasteiger partial charge in [0.2, 0.25) is 0 Å². The fourth-order valence-electron chi connectivity index (χ4n) is 3.57. The third kappa shape index (κ3) is 3.69. The molecule has 2 nitrogen and oxygen atoms in total. The van der Waals surface area contributed by atoms with Crippen LogP contribution in [0, 0.1) is 11.3 Å². The maximum Gasteiger partial charge on any atom is 0.0613 e. The summed E-state index contributed by atoms with van der Waals surface area (Å²) in [6, 6.07) is 0.747. The van der Waals surface area contributed by atoms with Crippen LogP contribution in [-0.2, 0) is 4.74 Å². The van der Waals surface area contributed by atoms with E-state index in [1.807, 2.05) is 0 Å². The van der Waals surface area contributed by atoms with Gasteiger partial charge in [0.1, 0.15) is 0 Å². The number of hydrogen-bond donors (Lipinski definition) is 1. The van der Waals surface area contributed by atoms with Gasteiger partial charge in [-0.05, 0) is 43.4 Å². The summed E-state index contributed by atoms with van der Waals surface area (Å²) in [5, 5.41) is 3.80. The average molecular weight is 239 g/mol. The molecule has 0 amide bonds. The summed E-state index contributed by atoms with van der Waals surface area (Å²) in [6.45, 7) is 9.20. The highest BCUT2D eigenvalue weighted by Crippen LogP contribution is 2.35. The maximum absolute atomic E-state index is 5.76. The van der Waals surface area contributed by atoms with Gasteiger partial charge < -0.3 is 10.1 Å². The molecule has 2 rings (SSSR count). The Bertz CT molecular complexity index is 239. The average Bonchev–Trinajstić information content (AvgIpc) is 2.72. The zero-order valence-corrected chi connectivity index (χ0v) is 11.8. The molecule has 3 unspecified atom stereocenters. The highest BCUT2D eigenvalue weighted by Gasteiger charge is 2.30. The van der Waals surface area contributed by atoms with Crippen LogP contribution < -0.4 is 5.32 Å². The number of rotatable bonds is 4. The lowest BCUT2D eigenvalue weighted by Crippen LogP contribution is -2.40. The smallest absolute Gasteiger partial charge is 0.0613 e. The molecule has 1 N–H and O–H groups in total. The normalized spacial score (nSPS) is 37.2. The van der Waals surface area contributed by atoms with E-state index in [0.717, 1.165) is 18.6 Å². The number of ether oxygens (including phenoxy) is 1. The van der Waals surface area contributed by atoms with E-state index in [9.17, 15) is 0 Å². The topological polar surface area (TPSA) is 21.3 Å². The second-order valence-corrected chi connectivity index (χ2v) is 6.73. The summed E-state index contributed by atoms with van der Waals surface area (Å²) in [6.07, 6.45) is 8.44. The lowest BCUT2D eigenvalue weighted by molar-refractivity contribution is 0.0850. The molecule has 0 aromatic rings. The first kappa shape index (κ1) is 13.4. The minimum absolute atomic E-state index is 0.513. The molecule has 1 aliphatic carbocycles. The molecule has 2 heteroatoms. The summed E-state index contributed by atoms with van der Waals surface area (Å²) in [5.41, 5.74) is 0.548. The van der Waals surface area contributed by atoms with Crippen LogP contribution in [0.3, 0.4) is 0 Å². The Morgan fingerprint density at radius 3 is 2.82 bits per heavy atom. The predicted molar refractivity (Wildman–Crippen MR) is 72.2 cm³/mol. The van der Waals surface area contributed by atoms with E-state index >= 15 is 0 Å². The van der Waals surface area contributed by atoms with Crippen molar-refractivity contribution in [1.29, 1.82) is 0 Å². The molecule has 1 saturated carbocycles. The molecule has 0 spiro atoms. The van der Waals surface area contributed by atoms with Crippen LogP contribution in [0.1, 0.15) is 59.3 Å². The van der Waals surface area contributed by atoms with Gasteiger partial charge in [-0.1, -0.05) is 27.2 Å². The highest BCUT2D eigenvalue weighted by molar-refractivity contribution is 4.85. The van der Waals surface area contributed by atoms with Crippen molar-refractivity contribution in [2.45, 2.75) is 71.4 Å². The molecule has 17 heavy (non-hydrogen) atoms. The molecule has 2 fully saturated rings. The fourth-order valence-corrected chi connectivity index (χ4v) is 3.57. The van der Waals surface area contributed by atoms with Gasteiger partial charge in [0.25, 0.3) is 0 Å². The van der Waals surface area contributed by atoms with Gasteiger partial charge in [-0.2, -0.15) is 0 Å². The summed E-state index contributed by atoms with van der Waals surface area (Å²) in [5.74, 6) is 0.755. The second-order valence-electron chi connectivity index (χ2n) is 6.73. The largest absolute Gasteiger partial charge is 0.378 e. The van der Waals surface area contributed by atoms with Gasteiger partial charge in [-0.15, -0.1) is 0 Å². The monoisotopic (exact) mass is 239 g/mol. The third-order valence-electron chi connectivity index (χ3n) is 4.62. The summed E-state index contributed by atoms with van der Waals surface area (Å²) < 4.78 is 5.76. The highest BCUT2D eigenvalue weighted by atomic mass is 16.5. The van der Waals surface area contributed by atoms with Crippen molar-refractivity contribution in [3.8, 4) is 0 Å². The van der Waals surface area contributed by atoms with Crippen molar-refractivity contribution in [2.24, 2.45) is 11.3 Å². The van der Waals surface area contributed by atoms with E-state index in [-0.39, 0.29) is 0 Å². The quantitative estimate of drug-likeness (QED) is 0.812. The van der Waals surface area contributed by atoms with Crippen molar-refractivity contribution in [2.75, 3.05) is 13.2 Å². The molecule has 0 aromatic carbocycles. The summed E-state index contributed by atoms with van der Waals surface area (Å²) in [4.78, 5) is 0. The molecule has 0 bridgehead atoms. The first-order valence-electron chi connectivity index (χ1n) is 7.46.